The lowest BCUT2D eigenvalue weighted by Crippen LogP contribution is -2.14. The second kappa shape index (κ2) is 7.24. The van der Waals surface area contributed by atoms with Gasteiger partial charge in [0.1, 0.15) is 10.8 Å². The van der Waals surface area contributed by atoms with Crippen LogP contribution in [-0.4, -0.2) is 26.0 Å². The zero-order chi connectivity index (χ0) is 18.8. The molecule has 4 aromatic rings. The number of hydrogen-bond donors (Lipinski definition) is 2. The molecule has 1 aromatic carbocycles. The molecule has 0 aliphatic carbocycles. The highest BCUT2D eigenvalue weighted by atomic mass is 32.2. The van der Waals surface area contributed by atoms with E-state index in [4.69, 9.17) is 4.52 Å². The number of H-pyrrole nitrogens is 1. The number of pyridine rings is 1. The molecule has 8 heteroatoms. The molecule has 3 heterocycles. The Morgan fingerprint density at radius 2 is 2.07 bits per heavy atom. The van der Waals surface area contributed by atoms with Crippen LogP contribution in [0.25, 0.3) is 11.0 Å². The SMILES string of the molecule is Cc1noc(C)c1CSc1ncccc1C(=O)Nc1nc2ccccc2[nH]1. The number of carbonyl (C=O) groups excluding carboxylic acids is 1. The van der Waals surface area contributed by atoms with Gasteiger partial charge >= 0.3 is 0 Å². The molecule has 0 radical (unpaired) electrons. The Hall–Kier alpha value is -3.13. The second-order valence-corrected chi connectivity index (χ2v) is 6.97. The maximum Gasteiger partial charge on any atom is 0.260 e. The van der Waals surface area contributed by atoms with Crippen molar-refractivity contribution in [1.29, 1.82) is 0 Å². The van der Waals surface area contributed by atoms with Crippen molar-refractivity contribution in [3.63, 3.8) is 0 Å². The summed E-state index contributed by atoms with van der Waals surface area (Å²) in [6.45, 7) is 3.78. The van der Waals surface area contributed by atoms with Crippen molar-refractivity contribution in [3.05, 3.63) is 65.2 Å². The Kier molecular flexibility index (Phi) is 4.64. The molecule has 0 saturated carbocycles. The number of anilines is 1. The monoisotopic (exact) mass is 379 g/mol. The number of para-hydroxylation sites is 2. The number of aromatic amines is 1. The maximum absolute atomic E-state index is 12.8. The maximum atomic E-state index is 12.8. The average molecular weight is 379 g/mol. The zero-order valence-corrected chi connectivity index (χ0v) is 15.6. The van der Waals surface area contributed by atoms with E-state index in [1.165, 1.54) is 11.8 Å². The van der Waals surface area contributed by atoms with E-state index in [1.54, 1.807) is 18.3 Å². The number of thioether (sulfide) groups is 1. The molecule has 136 valence electrons. The van der Waals surface area contributed by atoms with Gasteiger partial charge in [0.05, 0.1) is 22.3 Å². The summed E-state index contributed by atoms with van der Waals surface area (Å²) in [4.78, 5) is 24.6. The van der Waals surface area contributed by atoms with E-state index in [1.807, 2.05) is 38.1 Å². The number of benzene rings is 1. The molecule has 3 aromatic heterocycles. The lowest BCUT2D eigenvalue weighted by molar-refractivity contribution is 0.102. The van der Waals surface area contributed by atoms with Gasteiger partial charge in [-0.3, -0.25) is 10.1 Å². The highest BCUT2D eigenvalue weighted by Crippen LogP contribution is 2.27. The smallest absolute Gasteiger partial charge is 0.260 e. The average Bonchev–Trinajstić information content (AvgIpc) is 3.22. The first-order chi connectivity index (χ1) is 13.1. The molecule has 7 nitrogen and oxygen atoms in total. The van der Waals surface area contributed by atoms with Gasteiger partial charge in [0, 0.05) is 17.5 Å². The molecule has 0 saturated heterocycles. The van der Waals surface area contributed by atoms with Gasteiger partial charge in [0.25, 0.3) is 5.91 Å². The quantitative estimate of drug-likeness (QED) is 0.507. The first kappa shape index (κ1) is 17.3. The zero-order valence-electron chi connectivity index (χ0n) is 14.8. The summed E-state index contributed by atoms with van der Waals surface area (Å²) >= 11 is 1.47. The number of aromatic nitrogens is 4. The normalized spacial score (nSPS) is 11.0. The number of rotatable bonds is 5. The number of aryl methyl sites for hydroxylation is 2. The Morgan fingerprint density at radius 3 is 2.85 bits per heavy atom. The number of nitrogens with one attached hydrogen (secondary N) is 2. The van der Waals surface area contributed by atoms with Gasteiger partial charge in [-0.25, -0.2) is 9.97 Å². The van der Waals surface area contributed by atoms with Crippen LogP contribution >= 0.6 is 11.8 Å². The van der Waals surface area contributed by atoms with Crippen molar-refractivity contribution in [1.82, 2.24) is 20.1 Å². The lowest BCUT2D eigenvalue weighted by Gasteiger charge is -2.07. The summed E-state index contributed by atoms with van der Waals surface area (Å²) < 4.78 is 5.19. The Bertz CT molecular complexity index is 1070. The Labute approximate surface area is 159 Å². The molecular weight excluding hydrogens is 362 g/mol. The summed E-state index contributed by atoms with van der Waals surface area (Å²) in [7, 11) is 0. The number of nitrogens with zero attached hydrogens (tertiary/aromatic N) is 3. The molecule has 4 rings (SSSR count). The van der Waals surface area contributed by atoms with E-state index in [2.05, 4.69) is 25.4 Å². The fourth-order valence-electron chi connectivity index (χ4n) is 2.71. The minimum atomic E-state index is -0.261. The fourth-order valence-corrected chi connectivity index (χ4v) is 3.86. The molecule has 0 spiro atoms. The van der Waals surface area contributed by atoms with Crippen LogP contribution in [0, 0.1) is 13.8 Å². The van der Waals surface area contributed by atoms with E-state index in [0.717, 1.165) is 28.1 Å². The summed E-state index contributed by atoms with van der Waals surface area (Å²) in [5.41, 5.74) is 4.03. The van der Waals surface area contributed by atoms with Gasteiger partial charge in [-0.2, -0.15) is 0 Å². The van der Waals surface area contributed by atoms with E-state index < -0.39 is 0 Å². The molecule has 0 bridgehead atoms. The van der Waals surface area contributed by atoms with E-state index in [9.17, 15) is 4.79 Å². The second-order valence-electron chi connectivity index (χ2n) is 6.00. The fraction of sp³-hybridized carbons (Fsp3) is 0.158. The van der Waals surface area contributed by atoms with Gasteiger partial charge in [0.15, 0.2) is 0 Å². The third-order valence-corrected chi connectivity index (χ3v) is 5.20. The summed E-state index contributed by atoms with van der Waals surface area (Å²) in [5.74, 6) is 1.56. The molecule has 0 aliphatic rings. The summed E-state index contributed by atoms with van der Waals surface area (Å²) in [6, 6.07) is 11.1. The van der Waals surface area contributed by atoms with Crippen LogP contribution in [0.2, 0.25) is 0 Å². The van der Waals surface area contributed by atoms with Gasteiger partial charge in [-0.05, 0) is 38.1 Å². The highest BCUT2D eigenvalue weighted by molar-refractivity contribution is 7.98. The first-order valence-corrected chi connectivity index (χ1v) is 9.36. The van der Waals surface area contributed by atoms with Crippen LogP contribution in [0.1, 0.15) is 27.4 Å². The highest BCUT2D eigenvalue weighted by Gasteiger charge is 2.16. The van der Waals surface area contributed by atoms with E-state index in [-0.39, 0.29) is 5.91 Å². The molecule has 1 amide bonds. The molecule has 0 unspecified atom stereocenters. The minimum absolute atomic E-state index is 0.261. The van der Waals surface area contributed by atoms with Crippen molar-refractivity contribution < 1.29 is 9.32 Å². The van der Waals surface area contributed by atoms with Crippen molar-refractivity contribution in [2.75, 3.05) is 5.32 Å². The van der Waals surface area contributed by atoms with Crippen molar-refractivity contribution in [3.8, 4) is 0 Å². The van der Waals surface area contributed by atoms with E-state index >= 15 is 0 Å². The van der Waals surface area contributed by atoms with Gasteiger partial charge in [0.2, 0.25) is 5.95 Å². The molecule has 27 heavy (non-hydrogen) atoms. The van der Waals surface area contributed by atoms with Crippen molar-refractivity contribution >= 4 is 34.7 Å². The molecule has 2 N–H and O–H groups in total. The summed E-state index contributed by atoms with van der Waals surface area (Å²) in [5, 5.41) is 7.42. The van der Waals surface area contributed by atoms with Crippen LogP contribution in [0.5, 0.6) is 0 Å². The van der Waals surface area contributed by atoms with E-state index in [0.29, 0.717) is 22.3 Å². The van der Waals surface area contributed by atoms with Crippen LogP contribution in [-0.2, 0) is 5.75 Å². The predicted octanol–water partition coefficient (Wildman–Crippen LogP) is 4.11. The number of fused-ring (bicyclic) bond motifs is 1. The first-order valence-electron chi connectivity index (χ1n) is 8.37. The molecule has 0 atom stereocenters. The largest absolute Gasteiger partial charge is 0.361 e. The van der Waals surface area contributed by atoms with Gasteiger partial charge in [-0.15, -0.1) is 11.8 Å². The number of carbonyl (C=O) groups is 1. The van der Waals surface area contributed by atoms with Gasteiger partial charge < -0.3 is 9.51 Å². The number of imidazole rings is 1. The Balaban J connectivity index is 1.53. The molecular formula is C19H17N5O2S. The number of hydrogen-bond acceptors (Lipinski definition) is 6. The van der Waals surface area contributed by atoms with Crippen LogP contribution in [0.15, 0.2) is 52.1 Å². The topological polar surface area (TPSA) is 96.7 Å². The Morgan fingerprint density at radius 1 is 1.22 bits per heavy atom. The minimum Gasteiger partial charge on any atom is -0.361 e. The molecule has 0 fully saturated rings. The van der Waals surface area contributed by atoms with Crippen LogP contribution in [0.3, 0.4) is 0 Å². The van der Waals surface area contributed by atoms with Gasteiger partial charge in [-0.1, -0.05) is 17.3 Å². The third-order valence-electron chi connectivity index (χ3n) is 4.17. The standard InChI is InChI=1S/C19H17N5O2S/c1-11-14(12(2)26-24-11)10-27-18-13(6-5-9-20-18)17(25)23-19-21-15-7-3-4-8-16(15)22-19/h3-9H,10H2,1-2H3,(H2,21,22,23,25). The lowest BCUT2D eigenvalue weighted by atomic mass is 10.2. The van der Waals surface area contributed by atoms with Crippen LogP contribution < -0.4 is 5.32 Å². The van der Waals surface area contributed by atoms with Crippen molar-refractivity contribution in [2.24, 2.45) is 0 Å². The predicted molar refractivity (Wildman–Crippen MR) is 104 cm³/mol. The number of amides is 1. The van der Waals surface area contributed by atoms with Crippen molar-refractivity contribution in [2.45, 2.75) is 24.6 Å². The summed E-state index contributed by atoms with van der Waals surface area (Å²) in [6.07, 6.45) is 1.67. The third kappa shape index (κ3) is 3.56. The van der Waals surface area contributed by atoms with Crippen LogP contribution in [0.4, 0.5) is 5.95 Å². The molecule has 0 aliphatic heterocycles.